The molecule has 0 aliphatic rings. The van der Waals surface area contributed by atoms with E-state index in [2.05, 4.69) is 14.8 Å². The average Bonchev–Trinajstić information content (AvgIpc) is 2.86. The highest BCUT2D eigenvalue weighted by atomic mass is 32.1. The van der Waals surface area contributed by atoms with Crippen LogP contribution >= 0.6 is 11.3 Å². The third-order valence-electron chi connectivity index (χ3n) is 2.12. The first-order chi connectivity index (χ1) is 8.58. The van der Waals surface area contributed by atoms with Crippen molar-refractivity contribution in [1.29, 1.82) is 0 Å². The van der Waals surface area contributed by atoms with Crippen LogP contribution in [0.3, 0.4) is 0 Å². The van der Waals surface area contributed by atoms with Gasteiger partial charge < -0.3 is 14.8 Å². The number of hydrogen-bond acceptors (Lipinski definition) is 6. The Bertz CT molecular complexity index is 413. The minimum absolute atomic E-state index is 0.0913. The first-order valence-electron chi connectivity index (χ1n) is 5.04. The van der Waals surface area contributed by atoms with Crippen LogP contribution in [-0.4, -0.2) is 38.1 Å². The van der Waals surface area contributed by atoms with Crippen molar-refractivity contribution in [3.8, 4) is 0 Å². The molecule has 0 saturated carbocycles. The Morgan fingerprint density at radius 3 is 2.33 bits per heavy atom. The molecule has 98 valence electrons. The molecule has 0 aromatic carbocycles. The molecule has 1 amide bonds. The smallest absolute Gasteiger partial charge is 0.340 e. The fraction of sp³-hybridized carbons (Fsp3) is 0.364. The highest BCUT2D eigenvalue weighted by Gasteiger charge is 2.30. The molecule has 0 aliphatic carbocycles. The number of amides is 1. The maximum atomic E-state index is 11.6. The van der Waals surface area contributed by atoms with Crippen molar-refractivity contribution in [3.63, 3.8) is 0 Å². The molecule has 7 heteroatoms. The van der Waals surface area contributed by atoms with E-state index in [4.69, 9.17) is 0 Å². The first-order valence-corrected chi connectivity index (χ1v) is 5.99. The molecule has 1 N–H and O–H groups in total. The lowest BCUT2D eigenvalue weighted by atomic mass is 10.2. The summed E-state index contributed by atoms with van der Waals surface area (Å²) in [5, 5.41) is 5.92. The van der Waals surface area contributed by atoms with Crippen molar-refractivity contribution >= 4 is 29.2 Å². The molecular formula is C11H13NO5S. The highest BCUT2D eigenvalue weighted by Crippen LogP contribution is 2.06. The standard InChI is InChI=1S/C11H13NO5S/c1-16-10(14)9(11(15)17-2)12-8(13)5-7-3-4-18-6-7/h3-4,6,9H,5H2,1-2H3,(H,12,13). The third kappa shape index (κ3) is 3.85. The van der Waals surface area contributed by atoms with Crippen LogP contribution in [0.4, 0.5) is 0 Å². The molecule has 1 aromatic heterocycles. The SMILES string of the molecule is COC(=O)C(NC(=O)Cc1ccsc1)C(=O)OC. The zero-order chi connectivity index (χ0) is 13.5. The van der Waals surface area contributed by atoms with Crippen molar-refractivity contribution in [2.75, 3.05) is 14.2 Å². The predicted molar refractivity (Wildman–Crippen MR) is 64.0 cm³/mol. The number of nitrogens with one attached hydrogen (secondary N) is 1. The van der Waals surface area contributed by atoms with Gasteiger partial charge in [0.1, 0.15) is 0 Å². The number of rotatable bonds is 5. The molecule has 1 rings (SSSR count). The van der Waals surface area contributed by atoms with E-state index >= 15 is 0 Å². The molecule has 0 spiro atoms. The molecule has 0 fully saturated rings. The van der Waals surface area contributed by atoms with E-state index in [1.807, 2.05) is 10.8 Å². The van der Waals surface area contributed by atoms with Gasteiger partial charge in [0.2, 0.25) is 11.9 Å². The minimum Gasteiger partial charge on any atom is -0.467 e. The second kappa shape index (κ2) is 6.75. The number of hydrogen-bond donors (Lipinski definition) is 1. The van der Waals surface area contributed by atoms with Crippen LogP contribution in [0.2, 0.25) is 0 Å². The van der Waals surface area contributed by atoms with Crippen LogP contribution in [-0.2, 0) is 30.3 Å². The fourth-order valence-electron chi connectivity index (χ4n) is 1.24. The van der Waals surface area contributed by atoms with Crippen LogP contribution in [0.1, 0.15) is 5.56 Å². The largest absolute Gasteiger partial charge is 0.467 e. The first kappa shape index (κ1) is 14.2. The molecular weight excluding hydrogens is 258 g/mol. The zero-order valence-corrected chi connectivity index (χ0v) is 10.8. The molecule has 18 heavy (non-hydrogen) atoms. The lowest BCUT2D eigenvalue weighted by Gasteiger charge is -2.13. The van der Waals surface area contributed by atoms with Crippen molar-refractivity contribution in [2.24, 2.45) is 0 Å². The Hall–Kier alpha value is -1.89. The molecule has 0 atom stereocenters. The van der Waals surface area contributed by atoms with Gasteiger partial charge in [-0.2, -0.15) is 11.3 Å². The van der Waals surface area contributed by atoms with Gasteiger partial charge in [-0.25, -0.2) is 9.59 Å². The topological polar surface area (TPSA) is 81.7 Å². The van der Waals surface area contributed by atoms with Gasteiger partial charge >= 0.3 is 11.9 Å². The van der Waals surface area contributed by atoms with Gasteiger partial charge in [-0.1, -0.05) is 0 Å². The van der Waals surface area contributed by atoms with Crippen LogP contribution < -0.4 is 5.32 Å². The van der Waals surface area contributed by atoms with E-state index in [9.17, 15) is 14.4 Å². The molecule has 1 heterocycles. The van der Waals surface area contributed by atoms with Gasteiger partial charge in [-0.05, 0) is 22.4 Å². The summed E-state index contributed by atoms with van der Waals surface area (Å²) in [7, 11) is 2.26. The lowest BCUT2D eigenvalue weighted by Crippen LogP contribution is -2.48. The van der Waals surface area contributed by atoms with E-state index in [1.54, 1.807) is 6.07 Å². The minimum atomic E-state index is -1.42. The van der Waals surface area contributed by atoms with Crippen molar-refractivity contribution in [3.05, 3.63) is 22.4 Å². The summed E-state index contributed by atoms with van der Waals surface area (Å²) in [4.78, 5) is 34.3. The van der Waals surface area contributed by atoms with Crippen molar-refractivity contribution in [2.45, 2.75) is 12.5 Å². The van der Waals surface area contributed by atoms with Crippen LogP contribution in [0.5, 0.6) is 0 Å². The zero-order valence-electron chi connectivity index (χ0n) is 9.97. The summed E-state index contributed by atoms with van der Waals surface area (Å²) < 4.78 is 8.84. The predicted octanol–water partition coefficient (Wildman–Crippen LogP) is 0.121. The summed E-state index contributed by atoms with van der Waals surface area (Å²) in [5.41, 5.74) is 0.811. The van der Waals surface area contributed by atoms with E-state index in [1.165, 1.54) is 11.3 Å². The Labute approximate surface area is 108 Å². The van der Waals surface area contributed by atoms with E-state index in [-0.39, 0.29) is 6.42 Å². The van der Waals surface area contributed by atoms with E-state index < -0.39 is 23.9 Å². The van der Waals surface area contributed by atoms with Crippen LogP contribution in [0.15, 0.2) is 16.8 Å². The van der Waals surface area contributed by atoms with Gasteiger partial charge in [0.25, 0.3) is 0 Å². The van der Waals surface area contributed by atoms with Gasteiger partial charge in [0, 0.05) is 0 Å². The highest BCUT2D eigenvalue weighted by molar-refractivity contribution is 7.07. The second-order valence-corrected chi connectivity index (χ2v) is 4.14. The summed E-state index contributed by atoms with van der Waals surface area (Å²) in [6.07, 6.45) is 0.0913. The number of thiophene rings is 1. The van der Waals surface area contributed by atoms with Gasteiger partial charge in [-0.15, -0.1) is 0 Å². The second-order valence-electron chi connectivity index (χ2n) is 3.36. The molecule has 0 bridgehead atoms. The average molecular weight is 271 g/mol. The number of ether oxygens (including phenoxy) is 2. The van der Waals surface area contributed by atoms with Gasteiger partial charge in [-0.3, -0.25) is 4.79 Å². The summed E-state index contributed by atoms with van der Waals surface area (Å²) in [6, 6.07) is 0.362. The maximum Gasteiger partial charge on any atom is 0.340 e. The van der Waals surface area contributed by atoms with E-state index in [0.717, 1.165) is 19.8 Å². The molecule has 0 saturated heterocycles. The molecule has 0 radical (unpaired) electrons. The Morgan fingerprint density at radius 1 is 1.28 bits per heavy atom. The summed E-state index contributed by atoms with van der Waals surface area (Å²) >= 11 is 1.46. The number of esters is 2. The van der Waals surface area contributed by atoms with E-state index in [0.29, 0.717) is 0 Å². The fourth-order valence-corrected chi connectivity index (χ4v) is 1.91. The summed E-state index contributed by atoms with van der Waals surface area (Å²) in [6.45, 7) is 0. The van der Waals surface area contributed by atoms with Crippen LogP contribution in [0.25, 0.3) is 0 Å². The Kier molecular flexibility index (Phi) is 5.31. The number of carbonyl (C=O) groups excluding carboxylic acids is 3. The summed E-state index contributed by atoms with van der Waals surface area (Å²) in [5.74, 6) is -2.17. The molecule has 1 aromatic rings. The number of methoxy groups -OCH3 is 2. The van der Waals surface area contributed by atoms with Gasteiger partial charge in [0.15, 0.2) is 0 Å². The lowest BCUT2D eigenvalue weighted by molar-refractivity contribution is -0.156. The quantitative estimate of drug-likeness (QED) is 0.607. The Morgan fingerprint density at radius 2 is 1.89 bits per heavy atom. The van der Waals surface area contributed by atoms with Crippen LogP contribution in [0, 0.1) is 0 Å². The molecule has 0 unspecified atom stereocenters. The molecule has 0 aliphatic heterocycles. The Balaban J connectivity index is 2.63. The monoisotopic (exact) mass is 271 g/mol. The molecule has 6 nitrogen and oxygen atoms in total. The van der Waals surface area contributed by atoms with Gasteiger partial charge in [0.05, 0.1) is 20.6 Å². The number of carbonyl (C=O) groups is 3. The van der Waals surface area contributed by atoms with Crippen molar-refractivity contribution in [1.82, 2.24) is 5.32 Å². The van der Waals surface area contributed by atoms with Crippen molar-refractivity contribution < 1.29 is 23.9 Å². The normalized spacial score (nSPS) is 9.94. The third-order valence-corrected chi connectivity index (χ3v) is 2.86. The maximum absolute atomic E-state index is 11.6.